The average molecular weight is 222 g/mol. The van der Waals surface area contributed by atoms with Crippen LogP contribution in [-0.2, 0) is 14.2 Å². The largest absolute Gasteiger partial charge is 0.511 e. The Morgan fingerprint density at radius 3 is 2.27 bits per heavy atom. The standard InChI is InChI=1S/C3H3FO3.C3H4O3.C2H4/c4-2-1-6-3(5)7-2;1-2-6-3(4)5;1-2/h2H,1H2;2H,1H2,(H,4,5);1-2H2. The van der Waals surface area contributed by atoms with Crippen LogP contribution in [0.15, 0.2) is 26.0 Å². The van der Waals surface area contributed by atoms with Gasteiger partial charge < -0.3 is 19.3 Å². The second-order valence-electron chi connectivity index (χ2n) is 1.64. The van der Waals surface area contributed by atoms with Gasteiger partial charge in [0.05, 0.1) is 6.26 Å². The van der Waals surface area contributed by atoms with Crippen molar-refractivity contribution in [3.8, 4) is 0 Å². The van der Waals surface area contributed by atoms with E-state index in [2.05, 4.69) is 33.9 Å². The summed E-state index contributed by atoms with van der Waals surface area (Å²) in [4.78, 5) is 19.1. The van der Waals surface area contributed by atoms with Crippen molar-refractivity contribution >= 4 is 12.3 Å². The van der Waals surface area contributed by atoms with Gasteiger partial charge in [-0.1, -0.05) is 6.58 Å². The molecule has 1 saturated heterocycles. The fourth-order valence-electron chi connectivity index (χ4n) is 0.377. The molecule has 1 aliphatic heterocycles. The molecule has 0 aromatic rings. The summed E-state index contributed by atoms with van der Waals surface area (Å²) in [7, 11) is 0. The molecule has 0 amide bonds. The molecule has 0 radical (unpaired) electrons. The molecule has 0 aliphatic carbocycles. The minimum absolute atomic E-state index is 0.265. The van der Waals surface area contributed by atoms with Gasteiger partial charge in [-0.15, -0.1) is 13.2 Å². The number of carbonyl (C=O) groups excluding carboxylic acids is 1. The maximum Gasteiger partial charge on any atom is 0.511 e. The minimum atomic E-state index is -1.55. The Morgan fingerprint density at radius 2 is 2.20 bits per heavy atom. The second kappa shape index (κ2) is 10.0. The van der Waals surface area contributed by atoms with Crippen LogP contribution in [-0.4, -0.2) is 30.4 Å². The molecule has 1 unspecified atom stereocenters. The van der Waals surface area contributed by atoms with E-state index in [4.69, 9.17) is 5.11 Å². The smallest absolute Gasteiger partial charge is 0.449 e. The van der Waals surface area contributed by atoms with Crippen molar-refractivity contribution in [3.05, 3.63) is 26.0 Å². The van der Waals surface area contributed by atoms with E-state index < -0.39 is 18.7 Å². The zero-order valence-electron chi connectivity index (χ0n) is 7.85. The molecule has 1 N–H and O–H groups in total. The summed E-state index contributed by atoms with van der Waals surface area (Å²) in [5.41, 5.74) is 0. The van der Waals surface area contributed by atoms with E-state index in [1.807, 2.05) is 0 Å². The monoisotopic (exact) mass is 222 g/mol. The third-order valence-corrected chi connectivity index (χ3v) is 0.740. The van der Waals surface area contributed by atoms with Crippen LogP contribution < -0.4 is 0 Å². The normalized spacial score (nSPS) is 16.6. The number of ether oxygens (including phenoxy) is 3. The third-order valence-electron chi connectivity index (χ3n) is 0.740. The van der Waals surface area contributed by atoms with Gasteiger partial charge in [0, 0.05) is 0 Å². The zero-order chi connectivity index (χ0) is 12.3. The van der Waals surface area contributed by atoms with Crippen LogP contribution in [0, 0.1) is 0 Å². The molecular weight excluding hydrogens is 211 g/mol. The first-order valence-corrected chi connectivity index (χ1v) is 3.54. The highest BCUT2D eigenvalue weighted by Crippen LogP contribution is 2.05. The van der Waals surface area contributed by atoms with Crippen molar-refractivity contribution in [3.63, 3.8) is 0 Å². The number of hydrogen-bond acceptors (Lipinski definition) is 5. The van der Waals surface area contributed by atoms with Crippen molar-refractivity contribution in [1.82, 2.24) is 0 Å². The Kier molecular flexibility index (Phi) is 10.3. The van der Waals surface area contributed by atoms with Gasteiger partial charge in [-0.05, 0) is 0 Å². The summed E-state index contributed by atoms with van der Waals surface area (Å²) in [6.07, 6.45) is -2.95. The van der Waals surface area contributed by atoms with Crippen molar-refractivity contribution in [1.29, 1.82) is 0 Å². The van der Waals surface area contributed by atoms with Gasteiger partial charge in [-0.3, -0.25) is 0 Å². The van der Waals surface area contributed by atoms with Crippen LogP contribution >= 0.6 is 0 Å². The predicted molar refractivity (Wildman–Crippen MR) is 47.9 cm³/mol. The molecule has 1 fully saturated rings. The fraction of sp³-hybridized carbons (Fsp3) is 0.250. The van der Waals surface area contributed by atoms with Crippen LogP contribution in [0.1, 0.15) is 0 Å². The third kappa shape index (κ3) is 12.0. The van der Waals surface area contributed by atoms with E-state index in [0.717, 1.165) is 6.26 Å². The molecule has 0 saturated carbocycles. The van der Waals surface area contributed by atoms with Gasteiger partial charge in [0.2, 0.25) is 0 Å². The van der Waals surface area contributed by atoms with E-state index in [0.29, 0.717) is 0 Å². The van der Waals surface area contributed by atoms with Gasteiger partial charge in [0.15, 0.2) is 6.61 Å². The molecule has 0 aromatic heterocycles. The highest BCUT2D eigenvalue weighted by molar-refractivity contribution is 5.61. The molecule has 0 spiro atoms. The lowest BCUT2D eigenvalue weighted by atomic mass is 10.8. The number of alkyl halides is 1. The fourth-order valence-corrected chi connectivity index (χ4v) is 0.377. The summed E-state index contributed by atoms with van der Waals surface area (Å²) in [6, 6.07) is 0. The molecule has 0 bridgehead atoms. The molecule has 15 heavy (non-hydrogen) atoms. The Bertz CT molecular complexity index is 217. The molecule has 1 rings (SSSR count). The number of rotatable bonds is 1. The first-order chi connectivity index (χ1) is 7.06. The van der Waals surface area contributed by atoms with Crippen LogP contribution in [0.5, 0.6) is 0 Å². The zero-order valence-corrected chi connectivity index (χ0v) is 7.85. The Labute approximate surface area is 85.5 Å². The van der Waals surface area contributed by atoms with Gasteiger partial charge in [0.25, 0.3) is 6.36 Å². The van der Waals surface area contributed by atoms with Gasteiger partial charge >= 0.3 is 12.3 Å². The number of carboxylic acid groups (broad SMARTS) is 1. The van der Waals surface area contributed by atoms with Crippen molar-refractivity contribution in [2.75, 3.05) is 6.61 Å². The molecular formula is C8H11FO6. The van der Waals surface area contributed by atoms with Crippen molar-refractivity contribution in [2.24, 2.45) is 0 Å². The van der Waals surface area contributed by atoms with Gasteiger partial charge in [0.1, 0.15) is 0 Å². The quantitative estimate of drug-likeness (QED) is 0.415. The summed E-state index contributed by atoms with van der Waals surface area (Å²) < 4.78 is 23.2. The molecule has 86 valence electrons. The van der Waals surface area contributed by atoms with Crippen LogP contribution in [0.2, 0.25) is 0 Å². The Hall–Kier alpha value is -2.05. The predicted octanol–water partition coefficient (Wildman–Crippen LogP) is 2.08. The SMILES string of the molecule is C=C.C=COC(=O)O.O=C1OCC(F)O1. The maximum atomic E-state index is 11.6. The van der Waals surface area contributed by atoms with E-state index in [-0.39, 0.29) is 6.61 Å². The maximum absolute atomic E-state index is 11.6. The van der Waals surface area contributed by atoms with E-state index >= 15 is 0 Å². The number of cyclic esters (lactones) is 2. The molecule has 1 aliphatic rings. The minimum Gasteiger partial charge on any atom is -0.449 e. The first-order valence-electron chi connectivity index (χ1n) is 3.54. The number of hydrogen-bond donors (Lipinski definition) is 1. The van der Waals surface area contributed by atoms with E-state index in [1.54, 1.807) is 0 Å². The summed E-state index contributed by atoms with van der Waals surface area (Å²) in [6.45, 7) is 8.73. The second-order valence-corrected chi connectivity index (χ2v) is 1.64. The summed E-state index contributed by atoms with van der Waals surface area (Å²) in [5.74, 6) is 0. The Morgan fingerprint density at radius 1 is 1.67 bits per heavy atom. The van der Waals surface area contributed by atoms with E-state index in [9.17, 15) is 14.0 Å². The Balaban J connectivity index is 0. The first kappa shape index (κ1) is 15.4. The molecule has 1 heterocycles. The summed E-state index contributed by atoms with van der Waals surface area (Å²) in [5, 5.41) is 7.62. The number of halogens is 1. The van der Waals surface area contributed by atoms with Crippen LogP contribution in [0.25, 0.3) is 0 Å². The van der Waals surface area contributed by atoms with Crippen LogP contribution in [0.4, 0.5) is 14.0 Å². The van der Waals surface area contributed by atoms with Crippen LogP contribution in [0.3, 0.4) is 0 Å². The highest BCUT2D eigenvalue weighted by Gasteiger charge is 2.23. The topological polar surface area (TPSA) is 82.1 Å². The lowest BCUT2D eigenvalue weighted by Crippen LogP contribution is -1.98. The molecule has 0 aromatic carbocycles. The molecule has 6 nitrogen and oxygen atoms in total. The van der Waals surface area contributed by atoms with E-state index in [1.165, 1.54) is 0 Å². The highest BCUT2D eigenvalue weighted by atomic mass is 19.1. The summed E-state index contributed by atoms with van der Waals surface area (Å²) >= 11 is 0. The molecule has 7 heteroatoms. The van der Waals surface area contributed by atoms with Gasteiger partial charge in [-0.25, -0.2) is 9.59 Å². The van der Waals surface area contributed by atoms with Crippen molar-refractivity contribution < 1.29 is 33.3 Å². The van der Waals surface area contributed by atoms with Crippen molar-refractivity contribution in [2.45, 2.75) is 6.36 Å². The molecule has 1 atom stereocenters. The number of carbonyl (C=O) groups is 2. The lowest BCUT2D eigenvalue weighted by Gasteiger charge is -1.85. The van der Waals surface area contributed by atoms with Gasteiger partial charge in [-0.2, -0.15) is 4.39 Å². The average Bonchev–Trinajstić information content (AvgIpc) is 2.54. The lowest BCUT2D eigenvalue weighted by molar-refractivity contribution is 0.0572.